The number of carbonyl (C=O) groups excluding carboxylic acids is 2. The molecule has 0 spiro atoms. The van der Waals surface area contributed by atoms with Crippen LogP contribution in [0.15, 0.2) is 83.4 Å². The largest absolute Gasteiger partial charge is 0.289 e. The normalized spacial score (nSPS) is 13.6. The van der Waals surface area contributed by atoms with Crippen LogP contribution in [0.25, 0.3) is 12.2 Å². The van der Waals surface area contributed by atoms with E-state index < -0.39 is 0 Å². The summed E-state index contributed by atoms with van der Waals surface area (Å²) in [6, 6.07) is 22.3. The molecule has 4 rings (SSSR count). The summed E-state index contributed by atoms with van der Waals surface area (Å²) in [7, 11) is 0. The van der Waals surface area contributed by atoms with E-state index in [1.54, 1.807) is 36.4 Å². The maximum Gasteiger partial charge on any atom is 0.194 e. The lowest BCUT2D eigenvalue weighted by atomic mass is 9.83. The second-order valence-electron chi connectivity index (χ2n) is 6.28. The van der Waals surface area contributed by atoms with Gasteiger partial charge in [-0.3, -0.25) is 9.59 Å². The molecule has 0 N–H and O–H groups in total. The van der Waals surface area contributed by atoms with Crippen molar-refractivity contribution in [3.8, 4) is 0 Å². The fourth-order valence-electron chi connectivity index (χ4n) is 3.15. The van der Waals surface area contributed by atoms with Crippen molar-refractivity contribution in [2.45, 2.75) is 0 Å². The minimum Gasteiger partial charge on any atom is -0.289 e. The monoisotopic (exact) mass is 414 g/mol. The summed E-state index contributed by atoms with van der Waals surface area (Å²) < 4.78 is 0.916. The highest BCUT2D eigenvalue weighted by Gasteiger charge is 2.29. The Hall–Kier alpha value is -3.04. The Morgan fingerprint density at radius 3 is 1.96 bits per heavy atom. The van der Waals surface area contributed by atoms with E-state index in [1.807, 2.05) is 54.6 Å². The van der Waals surface area contributed by atoms with Crippen LogP contribution in [-0.4, -0.2) is 11.6 Å². The Morgan fingerprint density at radius 1 is 0.667 bits per heavy atom. The van der Waals surface area contributed by atoms with E-state index in [0.29, 0.717) is 22.3 Å². The molecule has 1 aliphatic rings. The first-order valence-corrected chi connectivity index (χ1v) is 9.35. The molecule has 1 aliphatic carbocycles. The highest BCUT2D eigenvalue weighted by atomic mass is 79.9. The van der Waals surface area contributed by atoms with Crippen molar-refractivity contribution in [1.29, 1.82) is 0 Å². The van der Waals surface area contributed by atoms with Gasteiger partial charge < -0.3 is 0 Å². The fourth-order valence-corrected chi connectivity index (χ4v) is 3.55. The van der Waals surface area contributed by atoms with Crippen molar-refractivity contribution >= 4 is 39.6 Å². The molecule has 0 unspecified atom stereocenters. The molecule has 0 saturated carbocycles. The minimum absolute atomic E-state index is 0.0964. The molecule has 27 heavy (non-hydrogen) atoms. The van der Waals surface area contributed by atoms with E-state index >= 15 is 0 Å². The summed E-state index contributed by atoms with van der Waals surface area (Å²) in [6.07, 6.45) is 5.86. The van der Waals surface area contributed by atoms with E-state index in [-0.39, 0.29) is 11.6 Å². The first kappa shape index (κ1) is 17.4. The van der Waals surface area contributed by atoms with E-state index in [4.69, 9.17) is 0 Å². The average Bonchev–Trinajstić information content (AvgIpc) is 2.71. The van der Waals surface area contributed by atoms with E-state index in [1.165, 1.54) is 0 Å². The molecule has 0 amide bonds. The third-order valence-electron chi connectivity index (χ3n) is 4.49. The molecule has 3 heteroatoms. The SMILES string of the molecule is O=C1c2ccccc2C(=O)c2cc(/C=C/C(Br)=C/c3ccccc3)ccc21. The molecule has 0 heterocycles. The number of allylic oxidation sites excluding steroid dienone is 2. The number of carbonyl (C=O) groups is 2. The van der Waals surface area contributed by atoms with Gasteiger partial charge in [0.1, 0.15) is 0 Å². The van der Waals surface area contributed by atoms with Gasteiger partial charge in [0, 0.05) is 26.7 Å². The molecule has 0 bridgehead atoms. The van der Waals surface area contributed by atoms with Gasteiger partial charge in [-0.1, -0.05) is 82.7 Å². The summed E-state index contributed by atoms with van der Waals surface area (Å²) in [4.78, 5) is 25.4. The average molecular weight is 415 g/mol. The zero-order chi connectivity index (χ0) is 18.8. The van der Waals surface area contributed by atoms with Crippen LogP contribution in [0, 0.1) is 0 Å². The number of hydrogen-bond acceptors (Lipinski definition) is 2. The molecular weight excluding hydrogens is 400 g/mol. The third-order valence-corrected chi connectivity index (χ3v) is 4.98. The van der Waals surface area contributed by atoms with Crippen LogP contribution in [-0.2, 0) is 0 Å². The maximum absolute atomic E-state index is 12.8. The van der Waals surface area contributed by atoms with Crippen LogP contribution < -0.4 is 0 Å². The van der Waals surface area contributed by atoms with Gasteiger partial charge in [-0.05, 0) is 35.4 Å². The lowest BCUT2D eigenvalue weighted by Crippen LogP contribution is -2.20. The van der Waals surface area contributed by atoms with Gasteiger partial charge in [-0.15, -0.1) is 0 Å². The fraction of sp³-hybridized carbons (Fsp3) is 0. The van der Waals surface area contributed by atoms with Crippen molar-refractivity contribution in [3.05, 3.63) is 117 Å². The molecule has 3 aromatic carbocycles. The Bertz CT molecular complexity index is 1110. The van der Waals surface area contributed by atoms with Crippen molar-refractivity contribution in [3.63, 3.8) is 0 Å². The lowest BCUT2D eigenvalue weighted by molar-refractivity contribution is 0.0979. The number of rotatable bonds is 3. The van der Waals surface area contributed by atoms with E-state index in [2.05, 4.69) is 15.9 Å². The number of ketones is 2. The molecule has 0 atom stereocenters. The Morgan fingerprint density at radius 2 is 1.26 bits per heavy atom. The highest BCUT2D eigenvalue weighted by Crippen LogP contribution is 2.28. The van der Waals surface area contributed by atoms with Gasteiger partial charge >= 0.3 is 0 Å². The van der Waals surface area contributed by atoms with Crippen molar-refractivity contribution in [1.82, 2.24) is 0 Å². The first-order valence-electron chi connectivity index (χ1n) is 8.56. The third kappa shape index (κ3) is 3.46. The molecule has 0 aliphatic heterocycles. The smallest absolute Gasteiger partial charge is 0.194 e. The van der Waals surface area contributed by atoms with Gasteiger partial charge in [0.05, 0.1) is 0 Å². The molecular formula is C24H15BrO2. The summed E-state index contributed by atoms with van der Waals surface area (Å²) >= 11 is 3.54. The Kier molecular flexibility index (Phi) is 4.69. The topological polar surface area (TPSA) is 34.1 Å². The number of fused-ring (bicyclic) bond motifs is 2. The highest BCUT2D eigenvalue weighted by molar-refractivity contribution is 9.12. The molecule has 0 saturated heterocycles. The standard InChI is InChI=1S/C24H15BrO2/c25-18(14-16-6-2-1-3-7-16)12-10-17-11-13-21-22(15-17)24(27)20-9-5-4-8-19(20)23(21)26/h1-15H/b12-10+,18-14-. The molecule has 130 valence electrons. The lowest BCUT2D eigenvalue weighted by Gasteiger charge is -2.17. The van der Waals surface area contributed by atoms with Crippen LogP contribution in [0.5, 0.6) is 0 Å². The Labute approximate surface area is 166 Å². The first-order chi connectivity index (χ1) is 13.1. The van der Waals surface area contributed by atoms with Crippen molar-refractivity contribution in [2.75, 3.05) is 0 Å². The van der Waals surface area contributed by atoms with Crippen LogP contribution >= 0.6 is 15.9 Å². The summed E-state index contributed by atoms with van der Waals surface area (Å²) in [5, 5.41) is 0. The van der Waals surface area contributed by atoms with Gasteiger partial charge in [0.25, 0.3) is 0 Å². The summed E-state index contributed by atoms with van der Waals surface area (Å²) in [5.41, 5.74) is 3.84. The number of hydrogen-bond donors (Lipinski definition) is 0. The molecule has 0 radical (unpaired) electrons. The van der Waals surface area contributed by atoms with Crippen molar-refractivity contribution < 1.29 is 9.59 Å². The summed E-state index contributed by atoms with van der Waals surface area (Å²) in [6.45, 7) is 0. The van der Waals surface area contributed by atoms with E-state index in [0.717, 1.165) is 15.6 Å². The second-order valence-corrected chi connectivity index (χ2v) is 7.20. The molecule has 3 aromatic rings. The van der Waals surface area contributed by atoms with Crippen LogP contribution in [0.1, 0.15) is 43.0 Å². The maximum atomic E-state index is 12.8. The van der Waals surface area contributed by atoms with Crippen molar-refractivity contribution in [2.24, 2.45) is 0 Å². The van der Waals surface area contributed by atoms with Crippen LogP contribution in [0.4, 0.5) is 0 Å². The van der Waals surface area contributed by atoms with Crippen LogP contribution in [0.2, 0.25) is 0 Å². The quantitative estimate of drug-likeness (QED) is 0.390. The number of benzene rings is 3. The predicted octanol–water partition coefficient (Wildman–Crippen LogP) is 5.91. The minimum atomic E-state index is -0.102. The molecule has 2 nitrogen and oxygen atoms in total. The van der Waals surface area contributed by atoms with Gasteiger partial charge in [-0.25, -0.2) is 0 Å². The zero-order valence-corrected chi connectivity index (χ0v) is 15.9. The number of halogens is 1. The van der Waals surface area contributed by atoms with Gasteiger partial charge in [0.15, 0.2) is 11.6 Å². The van der Waals surface area contributed by atoms with Crippen LogP contribution in [0.3, 0.4) is 0 Å². The molecule has 0 fully saturated rings. The summed E-state index contributed by atoms with van der Waals surface area (Å²) in [5.74, 6) is -0.199. The Balaban J connectivity index is 1.65. The zero-order valence-electron chi connectivity index (χ0n) is 14.4. The van der Waals surface area contributed by atoms with E-state index in [9.17, 15) is 9.59 Å². The van der Waals surface area contributed by atoms with Gasteiger partial charge in [0.2, 0.25) is 0 Å². The predicted molar refractivity (Wildman–Crippen MR) is 112 cm³/mol. The van der Waals surface area contributed by atoms with Gasteiger partial charge in [-0.2, -0.15) is 0 Å². The second kappa shape index (κ2) is 7.29. The molecule has 0 aromatic heterocycles.